The number of ether oxygens (including phenoxy) is 1. The Morgan fingerprint density at radius 2 is 1.73 bits per heavy atom. The number of nitrogens with zero attached hydrogens (tertiary/aromatic N) is 7. The number of carbonyl (C=O) groups excluding carboxylic acids is 1. The number of likely N-dealkylation sites (N-methyl/N-ethyl adjacent to an activating group) is 2. The van der Waals surface area contributed by atoms with E-state index < -0.39 is 11.6 Å². The summed E-state index contributed by atoms with van der Waals surface area (Å²) >= 11 is 0. The van der Waals surface area contributed by atoms with E-state index in [1.165, 1.54) is 12.1 Å². The third-order valence-electron chi connectivity index (χ3n) is 10.6. The van der Waals surface area contributed by atoms with Crippen LogP contribution in [0.4, 0.5) is 26.4 Å². The number of halogens is 2. The summed E-state index contributed by atoms with van der Waals surface area (Å²) in [6.45, 7) is 11.7. The maximum absolute atomic E-state index is 14.8. The van der Waals surface area contributed by atoms with Gasteiger partial charge in [-0.25, -0.2) is 18.7 Å². The molecular formula is C36H53F2N9O2. The molecule has 0 spiro atoms. The van der Waals surface area contributed by atoms with E-state index in [1.54, 1.807) is 6.20 Å². The fourth-order valence-corrected chi connectivity index (χ4v) is 7.62. The maximum atomic E-state index is 14.8. The Labute approximate surface area is 288 Å². The van der Waals surface area contributed by atoms with Gasteiger partial charge in [0, 0.05) is 56.8 Å². The average molecular weight is 682 g/mol. The van der Waals surface area contributed by atoms with E-state index in [0.717, 1.165) is 116 Å². The fraction of sp³-hybridized carbons (Fsp3) is 0.667. The zero-order valence-corrected chi connectivity index (χ0v) is 29.3. The highest BCUT2D eigenvalue weighted by molar-refractivity contribution is 5.79. The third-order valence-corrected chi connectivity index (χ3v) is 10.6. The van der Waals surface area contributed by atoms with Gasteiger partial charge in [0.05, 0.1) is 24.6 Å². The number of imidazole rings is 1. The lowest BCUT2D eigenvalue weighted by molar-refractivity contribution is -0.138. The topological polar surface area (TPSA) is 104 Å². The van der Waals surface area contributed by atoms with E-state index in [1.807, 2.05) is 9.47 Å². The smallest absolute Gasteiger partial charge is 0.225 e. The first-order valence-electron chi connectivity index (χ1n) is 18.4. The second-order valence-corrected chi connectivity index (χ2v) is 14.0. The minimum Gasteiger partial charge on any atom is -0.377 e. The molecule has 2 N–H and O–H groups in total. The van der Waals surface area contributed by atoms with Crippen molar-refractivity contribution in [2.75, 3.05) is 70.1 Å². The van der Waals surface area contributed by atoms with Gasteiger partial charge in [-0.15, -0.1) is 0 Å². The van der Waals surface area contributed by atoms with Crippen molar-refractivity contribution in [3.05, 3.63) is 36.0 Å². The molecule has 3 aromatic rings. The molecule has 6 rings (SSSR count). The second-order valence-electron chi connectivity index (χ2n) is 14.0. The quantitative estimate of drug-likeness (QED) is 0.231. The molecule has 1 aliphatic heterocycles. The Morgan fingerprint density at radius 1 is 0.980 bits per heavy atom. The van der Waals surface area contributed by atoms with Gasteiger partial charge < -0.3 is 30.1 Å². The highest BCUT2D eigenvalue weighted by Crippen LogP contribution is 2.38. The van der Waals surface area contributed by atoms with Gasteiger partial charge in [0.2, 0.25) is 17.8 Å². The normalized spacial score (nSPS) is 23.7. The number of nitrogens with one attached hydrogen (secondary N) is 2. The van der Waals surface area contributed by atoms with Gasteiger partial charge in [-0.2, -0.15) is 4.98 Å². The summed E-state index contributed by atoms with van der Waals surface area (Å²) in [5.74, 6) is -0.127. The molecule has 49 heavy (non-hydrogen) atoms. The molecule has 3 aliphatic rings. The van der Waals surface area contributed by atoms with Crippen LogP contribution in [0, 0.1) is 17.6 Å². The fourth-order valence-electron chi connectivity index (χ4n) is 7.62. The number of hydrogen-bond acceptors (Lipinski definition) is 9. The number of piperazine rings is 1. The molecule has 1 aromatic carbocycles. The summed E-state index contributed by atoms with van der Waals surface area (Å²) in [7, 11) is 2.09. The first-order chi connectivity index (χ1) is 23.8. The molecule has 0 radical (unpaired) electrons. The molecule has 0 unspecified atom stereocenters. The van der Waals surface area contributed by atoms with Crippen molar-refractivity contribution in [3.63, 3.8) is 0 Å². The van der Waals surface area contributed by atoms with Crippen molar-refractivity contribution in [3.8, 4) is 0 Å². The van der Waals surface area contributed by atoms with Crippen LogP contribution in [0.1, 0.15) is 77.7 Å². The maximum Gasteiger partial charge on any atom is 0.225 e. The number of rotatable bonds is 13. The van der Waals surface area contributed by atoms with Crippen molar-refractivity contribution in [2.24, 2.45) is 5.92 Å². The van der Waals surface area contributed by atoms with Crippen molar-refractivity contribution >= 4 is 34.7 Å². The molecule has 2 aromatic heterocycles. The average Bonchev–Trinajstić information content (AvgIpc) is 3.47. The summed E-state index contributed by atoms with van der Waals surface area (Å²) in [5, 5.41) is 6.67. The van der Waals surface area contributed by atoms with Gasteiger partial charge in [-0.05, 0) is 90.1 Å². The largest absolute Gasteiger partial charge is 0.377 e. The first kappa shape index (κ1) is 35.4. The molecule has 0 bridgehead atoms. The van der Waals surface area contributed by atoms with Crippen molar-refractivity contribution in [2.45, 2.75) is 89.8 Å². The Hall–Kier alpha value is -3.42. The summed E-state index contributed by atoms with van der Waals surface area (Å²) in [6, 6.07) is 3.70. The van der Waals surface area contributed by atoms with Crippen LogP contribution < -0.4 is 10.6 Å². The van der Waals surface area contributed by atoms with Gasteiger partial charge in [0.1, 0.15) is 17.2 Å². The highest BCUT2D eigenvalue weighted by atomic mass is 19.1. The summed E-state index contributed by atoms with van der Waals surface area (Å²) in [6.07, 6.45) is 10.1. The molecule has 268 valence electrons. The van der Waals surface area contributed by atoms with Crippen LogP contribution >= 0.6 is 0 Å². The monoisotopic (exact) mass is 681 g/mol. The Kier molecular flexibility index (Phi) is 11.9. The van der Waals surface area contributed by atoms with Crippen LogP contribution in [-0.2, 0) is 9.53 Å². The molecule has 2 saturated carbocycles. The molecule has 0 atom stereocenters. The molecular weight excluding hydrogens is 628 g/mol. The van der Waals surface area contributed by atoms with Crippen molar-refractivity contribution < 1.29 is 18.3 Å². The van der Waals surface area contributed by atoms with Gasteiger partial charge in [0.15, 0.2) is 5.65 Å². The van der Waals surface area contributed by atoms with Crippen LogP contribution in [0.3, 0.4) is 0 Å². The predicted molar refractivity (Wildman–Crippen MR) is 188 cm³/mol. The van der Waals surface area contributed by atoms with E-state index in [4.69, 9.17) is 14.7 Å². The minimum atomic E-state index is -0.697. The Bertz CT molecular complexity index is 1530. The zero-order chi connectivity index (χ0) is 34.3. The van der Waals surface area contributed by atoms with E-state index in [2.05, 4.69) is 46.3 Å². The van der Waals surface area contributed by atoms with Crippen LogP contribution in [-0.4, -0.2) is 112 Å². The Morgan fingerprint density at radius 3 is 2.43 bits per heavy atom. The lowest BCUT2D eigenvalue weighted by atomic mass is 9.85. The van der Waals surface area contributed by atoms with E-state index >= 15 is 0 Å². The number of amides is 1. The SMILES string of the molecule is CCCN(CC)CCOC1CCC(Nc2ncc3nc(Nc4ccc(F)cc4F)n(C4CCC(C(=O)N5CCN(C)CC5)CC4)c3n2)CC1. The first-order valence-corrected chi connectivity index (χ1v) is 18.4. The summed E-state index contributed by atoms with van der Waals surface area (Å²) < 4.78 is 36.7. The van der Waals surface area contributed by atoms with Crippen LogP contribution in [0.25, 0.3) is 11.2 Å². The second kappa shape index (κ2) is 16.5. The standard InChI is InChI=1S/C36H53F2N9O2/c1-4-16-45(5-2)21-22-49-29-13-9-27(10-14-29)40-35-39-24-32-33(43-35)47(36(42-32)41-31-15-8-26(37)23-30(31)38)28-11-6-25(7-12-28)34(48)46-19-17-44(3)18-20-46/h8,15,23-25,27-29H,4-7,9-14,16-22H2,1-3H3,(H,41,42)(H,39,40,43). The van der Waals surface area contributed by atoms with Gasteiger partial charge in [0.25, 0.3) is 0 Å². The van der Waals surface area contributed by atoms with Gasteiger partial charge in [-0.3, -0.25) is 9.36 Å². The number of hydrogen-bond donors (Lipinski definition) is 2. The number of benzene rings is 1. The lowest BCUT2D eigenvalue weighted by Crippen LogP contribution is -2.49. The molecule has 3 heterocycles. The number of fused-ring (bicyclic) bond motifs is 1. The Balaban J connectivity index is 1.14. The van der Waals surface area contributed by atoms with Crippen molar-refractivity contribution in [1.29, 1.82) is 0 Å². The molecule has 1 amide bonds. The van der Waals surface area contributed by atoms with Crippen LogP contribution in [0.15, 0.2) is 24.4 Å². The number of carbonyl (C=O) groups is 1. The molecule has 13 heteroatoms. The molecule has 1 saturated heterocycles. The lowest BCUT2D eigenvalue weighted by Gasteiger charge is -2.37. The van der Waals surface area contributed by atoms with E-state index in [-0.39, 0.29) is 35.7 Å². The van der Waals surface area contributed by atoms with Crippen LogP contribution in [0.5, 0.6) is 0 Å². The predicted octanol–water partition coefficient (Wildman–Crippen LogP) is 5.83. The van der Waals surface area contributed by atoms with Crippen molar-refractivity contribution in [1.82, 2.24) is 34.2 Å². The van der Waals surface area contributed by atoms with Gasteiger partial charge in [-0.1, -0.05) is 13.8 Å². The summed E-state index contributed by atoms with van der Waals surface area (Å²) in [4.78, 5) is 34.4. The summed E-state index contributed by atoms with van der Waals surface area (Å²) in [5.41, 5.74) is 1.38. The minimum absolute atomic E-state index is 0.00356. The van der Waals surface area contributed by atoms with E-state index in [0.29, 0.717) is 23.1 Å². The van der Waals surface area contributed by atoms with Crippen LogP contribution in [0.2, 0.25) is 0 Å². The highest BCUT2D eigenvalue weighted by Gasteiger charge is 2.33. The number of aromatic nitrogens is 4. The van der Waals surface area contributed by atoms with Gasteiger partial charge >= 0.3 is 0 Å². The number of anilines is 3. The molecule has 11 nitrogen and oxygen atoms in total. The van der Waals surface area contributed by atoms with E-state index in [9.17, 15) is 13.6 Å². The molecule has 3 fully saturated rings. The third kappa shape index (κ3) is 8.85. The molecule has 2 aliphatic carbocycles. The zero-order valence-electron chi connectivity index (χ0n) is 29.3.